The van der Waals surface area contributed by atoms with E-state index in [-0.39, 0.29) is 19.1 Å². The molecular weight excluding hydrogens is 410 g/mol. The number of amides is 1. The third-order valence-electron chi connectivity index (χ3n) is 4.58. The van der Waals surface area contributed by atoms with E-state index < -0.39 is 5.97 Å². The van der Waals surface area contributed by atoms with Gasteiger partial charge < -0.3 is 14.8 Å². The highest BCUT2D eigenvalue weighted by Crippen LogP contribution is 2.36. The number of aryl methyl sites for hydroxylation is 1. The zero-order valence-corrected chi connectivity index (χ0v) is 18.5. The third-order valence-corrected chi connectivity index (χ3v) is 5.48. The van der Waals surface area contributed by atoms with E-state index >= 15 is 0 Å². The minimum absolute atomic E-state index is 0.172. The molecule has 2 aromatic carbocycles. The Kier molecular flexibility index (Phi) is 7.62. The van der Waals surface area contributed by atoms with Crippen LogP contribution in [0.4, 0.5) is 5.00 Å². The average Bonchev–Trinajstić information content (AvgIpc) is 3.17. The average molecular weight is 436 g/mol. The van der Waals surface area contributed by atoms with Crippen molar-refractivity contribution in [2.75, 3.05) is 18.5 Å². The van der Waals surface area contributed by atoms with Crippen molar-refractivity contribution in [3.8, 4) is 16.9 Å². The van der Waals surface area contributed by atoms with Crippen molar-refractivity contribution in [3.05, 3.63) is 83.3 Å². The van der Waals surface area contributed by atoms with Gasteiger partial charge in [0.05, 0.1) is 6.61 Å². The molecule has 0 aliphatic heterocycles. The highest BCUT2D eigenvalue weighted by atomic mass is 32.1. The van der Waals surface area contributed by atoms with E-state index in [2.05, 4.69) is 11.9 Å². The fraction of sp³-hybridized carbons (Fsp3) is 0.200. The molecule has 0 saturated heterocycles. The van der Waals surface area contributed by atoms with Gasteiger partial charge in [0.15, 0.2) is 6.61 Å². The van der Waals surface area contributed by atoms with E-state index in [0.717, 1.165) is 22.3 Å². The first-order valence-corrected chi connectivity index (χ1v) is 10.9. The van der Waals surface area contributed by atoms with Gasteiger partial charge in [0.25, 0.3) is 5.91 Å². The Morgan fingerprint density at radius 1 is 1.13 bits per heavy atom. The zero-order valence-electron chi connectivity index (χ0n) is 17.6. The second-order valence-corrected chi connectivity index (χ2v) is 7.76. The van der Waals surface area contributed by atoms with Crippen molar-refractivity contribution in [3.63, 3.8) is 0 Å². The second-order valence-electron chi connectivity index (χ2n) is 6.88. The molecule has 0 radical (unpaired) electrons. The lowest BCUT2D eigenvalue weighted by molar-refractivity contribution is -0.118. The van der Waals surface area contributed by atoms with Gasteiger partial charge >= 0.3 is 5.97 Å². The van der Waals surface area contributed by atoms with Crippen molar-refractivity contribution in [2.24, 2.45) is 0 Å². The first-order valence-electron chi connectivity index (χ1n) is 10.0. The molecule has 3 aromatic rings. The van der Waals surface area contributed by atoms with Crippen LogP contribution in [0.3, 0.4) is 0 Å². The first kappa shape index (κ1) is 22.3. The lowest BCUT2D eigenvalue weighted by Crippen LogP contribution is -2.21. The first-order chi connectivity index (χ1) is 15.0. The number of thiophene rings is 1. The maximum Gasteiger partial charge on any atom is 0.341 e. The number of nitrogens with one attached hydrogen (secondary N) is 1. The number of esters is 1. The molecule has 3 rings (SSSR count). The quantitative estimate of drug-likeness (QED) is 0.349. The number of para-hydroxylation sites is 1. The van der Waals surface area contributed by atoms with Crippen LogP contribution in [-0.4, -0.2) is 25.1 Å². The molecule has 0 aliphatic rings. The molecule has 5 nitrogen and oxygen atoms in total. The summed E-state index contributed by atoms with van der Waals surface area (Å²) in [6.07, 6.45) is 2.43. The predicted octanol–water partition coefficient (Wildman–Crippen LogP) is 5.65. The van der Waals surface area contributed by atoms with E-state index in [0.29, 0.717) is 22.7 Å². The summed E-state index contributed by atoms with van der Waals surface area (Å²) < 4.78 is 10.9. The molecule has 0 unspecified atom stereocenters. The van der Waals surface area contributed by atoms with Gasteiger partial charge in [-0.25, -0.2) is 4.79 Å². The summed E-state index contributed by atoms with van der Waals surface area (Å²) in [6.45, 7) is 7.58. The van der Waals surface area contributed by atoms with E-state index in [1.54, 1.807) is 13.0 Å². The maximum atomic E-state index is 12.7. The molecule has 0 aliphatic carbocycles. The number of benzene rings is 2. The van der Waals surface area contributed by atoms with Crippen LogP contribution >= 0.6 is 11.3 Å². The van der Waals surface area contributed by atoms with Crippen LogP contribution in [0.2, 0.25) is 0 Å². The summed E-state index contributed by atoms with van der Waals surface area (Å²) in [5.74, 6) is -0.183. The molecule has 0 spiro atoms. The van der Waals surface area contributed by atoms with Crippen LogP contribution in [0.1, 0.15) is 28.4 Å². The summed E-state index contributed by atoms with van der Waals surface area (Å²) in [5.41, 5.74) is 4.06. The van der Waals surface area contributed by atoms with Crippen molar-refractivity contribution >= 4 is 28.2 Å². The fourth-order valence-corrected chi connectivity index (χ4v) is 4.05. The van der Waals surface area contributed by atoms with E-state index in [1.165, 1.54) is 11.3 Å². The highest BCUT2D eigenvalue weighted by Gasteiger charge is 2.23. The highest BCUT2D eigenvalue weighted by molar-refractivity contribution is 7.15. The van der Waals surface area contributed by atoms with Crippen molar-refractivity contribution in [1.82, 2.24) is 0 Å². The molecule has 0 atom stereocenters. The molecular formula is C25H25NO4S. The minimum Gasteiger partial charge on any atom is -0.483 e. The Hall–Kier alpha value is -3.38. The van der Waals surface area contributed by atoms with Gasteiger partial charge in [-0.3, -0.25) is 4.79 Å². The molecule has 1 heterocycles. The molecule has 31 heavy (non-hydrogen) atoms. The molecule has 160 valence electrons. The van der Waals surface area contributed by atoms with Gasteiger partial charge in [-0.15, -0.1) is 17.9 Å². The summed E-state index contributed by atoms with van der Waals surface area (Å²) in [6, 6.07) is 15.4. The van der Waals surface area contributed by atoms with Crippen LogP contribution in [-0.2, 0) is 16.0 Å². The summed E-state index contributed by atoms with van der Waals surface area (Å²) in [4.78, 5) is 25.2. The number of allylic oxidation sites excluding steroid dienone is 1. The Morgan fingerprint density at radius 2 is 1.87 bits per heavy atom. The van der Waals surface area contributed by atoms with Crippen molar-refractivity contribution in [2.45, 2.75) is 20.3 Å². The van der Waals surface area contributed by atoms with Crippen LogP contribution in [0, 0.1) is 6.92 Å². The van der Waals surface area contributed by atoms with Gasteiger partial charge in [0, 0.05) is 10.9 Å². The number of hydrogen-bond donors (Lipinski definition) is 1. The van der Waals surface area contributed by atoms with Gasteiger partial charge in [-0.1, -0.05) is 54.1 Å². The fourth-order valence-electron chi connectivity index (χ4n) is 3.08. The number of rotatable bonds is 9. The largest absolute Gasteiger partial charge is 0.483 e. The zero-order chi connectivity index (χ0) is 22.2. The molecule has 0 saturated carbocycles. The summed E-state index contributed by atoms with van der Waals surface area (Å²) in [7, 11) is 0. The van der Waals surface area contributed by atoms with Gasteiger partial charge in [0.1, 0.15) is 16.3 Å². The van der Waals surface area contributed by atoms with Gasteiger partial charge in [-0.05, 0) is 37.5 Å². The summed E-state index contributed by atoms with van der Waals surface area (Å²) >= 11 is 1.29. The number of carbonyl (C=O) groups excluding carboxylic acids is 2. The topological polar surface area (TPSA) is 64.6 Å². The number of anilines is 1. The van der Waals surface area contributed by atoms with E-state index in [1.807, 2.05) is 60.8 Å². The maximum absolute atomic E-state index is 12.7. The lowest BCUT2D eigenvalue weighted by atomic mass is 10.0. The Morgan fingerprint density at radius 3 is 2.58 bits per heavy atom. The van der Waals surface area contributed by atoms with Crippen molar-refractivity contribution in [1.29, 1.82) is 0 Å². The van der Waals surface area contributed by atoms with Crippen LogP contribution in [0.5, 0.6) is 5.75 Å². The van der Waals surface area contributed by atoms with Crippen LogP contribution in [0.15, 0.2) is 66.6 Å². The van der Waals surface area contributed by atoms with Crippen LogP contribution in [0.25, 0.3) is 11.1 Å². The number of carbonyl (C=O) groups is 2. The van der Waals surface area contributed by atoms with Gasteiger partial charge in [0.2, 0.25) is 0 Å². The van der Waals surface area contributed by atoms with E-state index in [4.69, 9.17) is 9.47 Å². The van der Waals surface area contributed by atoms with E-state index in [9.17, 15) is 9.59 Å². The van der Waals surface area contributed by atoms with Crippen LogP contribution < -0.4 is 10.1 Å². The SMILES string of the molecule is C=CCc1ccccc1OCC(=O)Nc1scc(-c2ccc(C)cc2)c1C(=O)OCC. The molecule has 6 heteroatoms. The Bertz CT molecular complexity index is 1070. The molecule has 0 fully saturated rings. The smallest absolute Gasteiger partial charge is 0.341 e. The predicted molar refractivity (Wildman–Crippen MR) is 125 cm³/mol. The Balaban J connectivity index is 1.79. The number of ether oxygens (including phenoxy) is 2. The van der Waals surface area contributed by atoms with Gasteiger partial charge in [-0.2, -0.15) is 0 Å². The third kappa shape index (κ3) is 5.61. The monoisotopic (exact) mass is 435 g/mol. The standard InChI is InChI=1S/C25H25NO4S/c1-4-8-19-9-6-7-10-21(19)30-15-22(27)26-24-23(25(28)29-5-2)20(16-31-24)18-13-11-17(3)12-14-18/h4,6-7,9-14,16H,1,5,8,15H2,2-3H3,(H,26,27). The molecule has 1 N–H and O–H groups in total. The minimum atomic E-state index is -0.466. The number of hydrogen-bond acceptors (Lipinski definition) is 5. The molecule has 1 aromatic heterocycles. The molecule has 1 amide bonds. The normalized spacial score (nSPS) is 10.4. The Labute approximate surface area is 186 Å². The summed E-state index contributed by atoms with van der Waals surface area (Å²) in [5, 5.41) is 5.11. The second kappa shape index (κ2) is 10.6. The molecule has 0 bridgehead atoms. The van der Waals surface area contributed by atoms with Crippen molar-refractivity contribution < 1.29 is 19.1 Å². The lowest BCUT2D eigenvalue weighted by Gasteiger charge is -2.11.